The highest BCUT2D eigenvalue weighted by molar-refractivity contribution is 6.16. The summed E-state index contributed by atoms with van der Waals surface area (Å²) in [7, 11) is 0. The van der Waals surface area contributed by atoms with E-state index >= 15 is 0 Å². The Labute approximate surface area is 181 Å². The van der Waals surface area contributed by atoms with Gasteiger partial charge < -0.3 is 10.3 Å². The average molecular weight is 410 g/mol. The Kier molecular flexibility index (Phi) is 4.77. The highest BCUT2D eigenvalue weighted by Gasteiger charge is 2.70. The molecule has 1 aromatic carbocycles. The molecule has 0 aromatic heterocycles. The van der Waals surface area contributed by atoms with E-state index in [2.05, 4.69) is 17.5 Å². The van der Waals surface area contributed by atoms with Crippen molar-refractivity contribution in [2.24, 2.45) is 17.3 Å². The third-order valence-corrected chi connectivity index (χ3v) is 6.98. The van der Waals surface area contributed by atoms with Crippen molar-refractivity contribution in [2.45, 2.75) is 12.3 Å². The number of carbonyl (C=O) groups is 1. The fourth-order valence-corrected chi connectivity index (χ4v) is 5.54. The Morgan fingerprint density at radius 2 is 2.00 bits per heavy atom. The molecule has 3 aliphatic rings. The SMILES string of the molecule is C=CCN1C(=O)[C@]2(c3ccccc31)[C@@H](C#N)C(=N)C(C#N)(C#N)C1=CCN(CC)C[C@@H]12. The van der Waals surface area contributed by atoms with Crippen molar-refractivity contribution in [2.75, 3.05) is 31.1 Å². The van der Waals surface area contributed by atoms with Crippen molar-refractivity contribution < 1.29 is 4.79 Å². The minimum Gasteiger partial charge on any atom is -0.307 e. The van der Waals surface area contributed by atoms with Crippen molar-refractivity contribution in [3.8, 4) is 18.2 Å². The van der Waals surface area contributed by atoms with Crippen LogP contribution in [-0.4, -0.2) is 42.7 Å². The lowest BCUT2D eigenvalue weighted by atomic mass is 9.48. The summed E-state index contributed by atoms with van der Waals surface area (Å²) in [5.41, 5.74) is -1.66. The first-order valence-corrected chi connectivity index (χ1v) is 10.2. The molecule has 1 spiro atoms. The number of hydrogen-bond acceptors (Lipinski definition) is 6. The number of nitrogens with zero attached hydrogens (tertiary/aromatic N) is 5. The van der Waals surface area contributed by atoms with Crippen LogP contribution < -0.4 is 4.90 Å². The molecule has 1 N–H and O–H groups in total. The van der Waals surface area contributed by atoms with E-state index < -0.39 is 22.7 Å². The van der Waals surface area contributed by atoms with Gasteiger partial charge >= 0.3 is 0 Å². The van der Waals surface area contributed by atoms with E-state index in [-0.39, 0.29) is 18.2 Å². The van der Waals surface area contributed by atoms with Crippen LogP contribution >= 0.6 is 0 Å². The zero-order valence-electron chi connectivity index (χ0n) is 17.3. The van der Waals surface area contributed by atoms with E-state index in [1.165, 1.54) is 0 Å². The van der Waals surface area contributed by atoms with E-state index in [4.69, 9.17) is 5.41 Å². The molecule has 3 atom stereocenters. The minimum absolute atomic E-state index is 0.272. The molecule has 4 rings (SSSR count). The summed E-state index contributed by atoms with van der Waals surface area (Å²) in [6.45, 7) is 7.73. The van der Waals surface area contributed by atoms with Crippen molar-refractivity contribution in [1.29, 1.82) is 21.2 Å². The Bertz CT molecular complexity index is 1130. The van der Waals surface area contributed by atoms with Gasteiger partial charge in [0, 0.05) is 31.2 Å². The van der Waals surface area contributed by atoms with Gasteiger partial charge in [-0.25, -0.2) is 0 Å². The second kappa shape index (κ2) is 7.20. The molecule has 0 bridgehead atoms. The first kappa shape index (κ1) is 20.5. The number of hydrogen-bond donors (Lipinski definition) is 1. The normalized spacial score (nSPS) is 28.7. The maximum Gasteiger partial charge on any atom is 0.240 e. The topological polar surface area (TPSA) is 119 Å². The molecule has 1 saturated carbocycles. The van der Waals surface area contributed by atoms with Crippen molar-refractivity contribution in [3.63, 3.8) is 0 Å². The summed E-state index contributed by atoms with van der Waals surface area (Å²) in [6.07, 6.45) is 3.45. The number of benzene rings is 1. The predicted octanol–water partition coefficient (Wildman–Crippen LogP) is 2.54. The molecular formula is C24H22N6O. The van der Waals surface area contributed by atoms with Crippen LogP contribution in [0.1, 0.15) is 12.5 Å². The summed E-state index contributed by atoms with van der Waals surface area (Å²) in [5.74, 6) is -2.07. The number of fused-ring (bicyclic) bond motifs is 4. The van der Waals surface area contributed by atoms with E-state index in [0.29, 0.717) is 29.9 Å². The molecule has 2 heterocycles. The summed E-state index contributed by atoms with van der Waals surface area (Å²) in [6, 6.07) is 13.6. The van der Waals surface area contributed by atoms with Crippen molar-refractivity contribution in [1.82, 2.24) is 4.90 Å². The van der Waals surface area contributed by atoms with Gasteiger partial charge in [0.2, 0.25) is 11.3 Å². The number of likely N-dealkylation sites (N-methyl/N-ethyl adjacent to an activating group) is 1. The number of para-hydroxylation sites is 1. The van der Waals surface area contributed by atoms with Crippen LogP contribution in [0.25, 0.3) is 0 Å². The lowest BCUT2D eigenvalue weighted by molar-refractivity contribution is -0.126. The summed E-state index contributed by atoms with van der Waals surface area (Å²) >= 11 is 0. The van der Waals surface area contributed by atoms with Gasteiger partial charge in [0.05, 0.1) is 23.9 Å². The number of rotatable bonds is 3. The number of nitrogens with one attached hydrogen (secondary N) is 1. The maximum atomic E-state index is 14.1. The highest BCUT2D eigenvalue weighted by Crippen LogP contribution is 2.60. The Balaban J connectivity index is 2.09. The largest absolute Gasteiger partial charge is 0.307 e. The van der Waals surface area contributed by atoms with Crippen LogP contribution in [0.5, 0.6) is 0 Å². The minimum atomic E-state index is -1.84. The molecule has 31 heavy (non-hydrogen) atoms. The van der Waals surface area contributed by atoms with Crippen LogP contribution in [-0.2, 0) is 10.2 Å². The van der Waals surface area contributed by atoms with Crippen LogP contribution in [0.2, 0.25) is 0 Å². The molecule has 7 nitrogen and oxygen atoms in total. The lowest BCUT2D eigenvalue weighted by Gasteiger charge is -2.52. The molecule has 1 aliphatic carbocycles. The zero-order valence-corrected chi connectivity index (χ0v) is 17.3. The highest BCUT2D eigenvalue weighted by atomic mass is 16.2. The van der Waals surface area contributed by atoms with E-state index in [0.717, 1.165) is 6.54 Å². The first-order chi connectivity index (χ1) is 15.0. The second-order valence-corrected chi connectivity index (χ2v) is 8.10. The summed E-state index contributed by atoms with van der Waals surface area (Å²) < 4.78 is 0. The Hall–Kier alpha value is -3.73. The standard InChI is InChI=1S/C24H22N6O/c1-3-10-30-20-8-6-5-7-17(20)24(22(30)31)18(12-25)21(28)23(14-26,15-27)16-9-11-29(4-2)13-19(16)24/h3,5-9,18-19,28H,1,4,10-11,13H2,2H3/t18-,19-,24+/m0/s1. The van der Waals surface area contributed by atoms with Gasteiger partial charge in [0.1, 0.15) is 11.3 Å². The smallest absolute Gasteiger partial charge is 0.240 e. The lowest BCUT2D eigenvalue weighted by Crippen LogP contribution is -2.64. The van der Waals surface area contributed by atoms with Gasteiger partial charge in [-0.2, -0.15) is 15.8 Å². The quantitative estimate of drug-likeness (QED) is 0.768. The van der Waals surface area contributed by atoms with Gasteiger partial charge in [-0.15, -0.1) is 6.58 Å². The van der Waals surface area contributed by atoms with Gasteiger partial charge in [0.15, 0.2) is 0 Å². The van der Waals surface area contributed by atoms with Crippen LogP contribution in [0.15, 0.2) is 48.6 Å². The number of carbonyl (C=O) groups excluding carboxylic acids is 1. The predicted molar refractivity (Wildman–Crippen MR) is 115 cm³/mol. The first-order valence-electron chi connectivity index (χ1n) is 10.2. The van der Waals surface area contributed by atoms with Gasteiger partial charge in [0.25, 0.3) is 0 Å². The molecule has 2 aliphatic heterocycles. The fraction of sp³-hybridized carbons (Fsp3) is 0.375. The molecule has 0 radical (unpaired) electrons. The van der Waals surface area contributed by atoms with E-state index in [1.807, 2.05) is 49.4 Å². The second-order valence-electron chi connectivity index (χ2n) is 8.10. The molecule has 1 fully saturated rings. The van der Waals surface area contributed by atoms with Crippen molar-refractivity contribution >= 4 is 17.3 Å². The zero-order chi connectivity index (χ0) is 22.4. The van der Waals surface area contributed by atoms with E-state index in [1.54, 1.807) is 11.0 Å². The molecule has 1 aromatic rings. The fourth-order valence-electron chi connectivity index (χ4n) is 5.54. The maximum absolute atomic E-state index is 14.1. The third kappa shape index (κ3) is 2.34. The number of amides is 1. The Morgan fingerprint density at radius 1 is 1.29 bits per heavy atom. The molecule has 0 saturated heterocycles. The summed E-state index contributed by atoms with van der Waals surface area (Å²) in [4.78, 5) is 17.8. The third-order valence-electron chi connectivity index (χ3n) is 6.98. The van der Waals surface area contributed by atoms with Gasteiger partial charge in [-0.3, -0.25) is 9.69 Å². The molecule has 7 heteroatoms. The van der Waals surface area contributed by atoms with Gasteiger partial charge in [-0.1, -0.05) is 37.3 Å². The molecule has 154 valence electrons. The molecule has 0 unspecified atom stereocenters. The summed E-state index contributed by atoms with van der Waals surface area (Å²) in [5, 5.41) is 39.2. The van der Waals surface area contributed by atoms with Crippen LogP contribution in [0.4, 0.5) is 5.69 Å². The monoisotopic (exact) mass is 410 g/mol. The van der Waals surface area contributed by atoms with Crippen molar-refractivity contribution in [3.05, 3.63) is 54.1 Å². The molecular weight excluding hydrogens is 388 g/mol. The molecule has 1 amide bonds. The number of nitriles is 3. The van der Waals surface area contributed by atoms with Crippen LogP contribution in [0, 0.1) is 56.7 Å². The van der Waals surface area contributed by atoms with E-state index in [9.17, 15) is 20.6 Å². The van der Waals surface area contributed by atoms with Crippen LogP contribution in [0.3, 0.4) is 0 Å². The Morgan fingerprint density at radius 3 is 2.61 bits per heavy atom. The van der Waals surface area contributed by atoms with Gasteiger partial charge in [-0.05, 0) is 23.7 Å². The number of anilines is 1. The average Bonchev–Trinajstić information content (AvgIpc) is 3.04.